The highest BCUT2D eigenvalue weighted by atomic mass is 32.2. The molecule has 1 aliphatic carbocycles. The maximum Gasteiger partial charge on any atom is 0.213 e. The first kappa shape index (κ1) is 17.3. The number of nitrogens with one attached hydrogen (secondary N) is 1. The topological polar surface area (TPSA) is 92.1 Å². The Kier molecular flexibility index (Phi) is 5.55. The third-order valence-electron chi connectivity index (χ3n) is 3.77. The molecule has 0 saturated heterocycles. The van der Waals surface area contributed by atoms with Gasteiger partial charge in [-0.3, -0.25) is 0 Å². The fraction of sp³-hybridized carbons (Fsp3) is 0.714. The van der Waals surface area contributed by atoms with Crippen LogP contribution in [0.3, 0.4) is 0 Å². The molecule has 1 fully saturated rings. The van der Waals surface area contributed by atoms with Gasteiger partial charge in [0.1, 0.15) is 0 Å². The predicted octanol–water partition coefficient (Wildman–Crippen LogP) is 1.68. The lowest BCUT2D eigenvalue weighted by Gasteiger charge is -2.34. The van der Waals surface area contributed by atoms with E-state index in [2.05, 4.69) is 15.8 Å². The fourth-order valence-electron chi connectivity index (χ4n) is 2.33. The van der Waals surface area contributed by atoms with Crippen LogP contribution in [0.4, 0.5) is 0 Å². The highest BCUT2D eigenvalue weighted by Gasteiger charge is 2.38. The van der Waals surface area contributed by atoms with E-state index in [0.29, 0.717) is 25.8 Å². The van der Waals surface area contributed by atoms with E-state index in [1.165, 1.54) is 0 Å². The molecule has 1 aromatic heterocycles. The molecule has 1 heterocycles. The van der Waals surface area contributed by atoms with Crippen LogP contribution < -0.4 is 4.72 Å². The van der Waals surface area contributed by atoms with E-state index in [1.807, 2.05) is 13.8 Å². The summed E-state index contributed by atoms with van der Waals surface area (Å²) >= 11 is 1.59. The first-order valence-corrected chi connectivity index (χ1v) is 9.78. The van der Waals surface area contributed by atoms with E-state index in [4.69, 9.17) is 10.00 Å². The Labute approximate surface area is 135 Å². The molecule has 0 aromatic carbocycles. The van der Waals surface area contributed by atoms with Crippen molar-refractivity contribution in [1.82, 2.24) is 9.71 Å². The first-order valence-electron chi connectivity index (χ1n) is 7.31. The zero-order valence-electron chi connectivity index (χ0n) is 12.9. The van der Waals surface area contributed by atoms with E-state index < -0.39 is 15.6 Å². The van der Waals surface area contributed by atoms with Crippen LogP contribution in [0.5, 0.6) is 0 Å². The lowest BCUT2D eigenvalue weighted by Crippen LogP contribution is -2.40. The van der Waals surface area contributed by atoms with Crippen molar-refractivity contribution in [1.29, 1.82) is 5.26 Å². The molecule has 0 unspecified atom stereocenters. The lowest BCUT2D eigenvalue weighted by molar-refractivity contribution is -0.0489. The van der Waals surface area contributed by atoms with Gasteiger partial charge in [-0.25, -0.2) is 18.1 Å². The molecule has 0 amide bonds. The zero-order valence-corrected chi connectivity index (χ0v) is 14.5. The smallest absolute Gasteiger partial charge is 0.213 e. The molecule has 1 N–H and O–H groups in total. The van der Waals surface area contributed by atoms with E-state index in [-0.39, 0.29) is 12.4 Å². The number of nitriles is 1. The summed E-state index contributed by atoms with van der Waals surface area (Å²) in [6.07, 6.45) is 2.99. The van der Waals surface area contributed by atoms with Gasteiger partial charge in [0, 0.05) is 11.4 Å². The van der Waals surface area contributed by atoms with Crippen molar-refractivity contribution in [3.05, 3.63) is 15.6 Å². The number of aryl methyl sites for hydroxylation is 2. The van der Waals surface area contributed by atoms with Crippen molar-refractivity contribution in [3.8, 4) is 6.07 Å². The first-order chi connectivity index (χ1) is 10.4. The van der Waals surface area contributed by atoms with Gasteiger partial charge < -0.3 is 4.74 Å². The maximum atomic E-state index is 11.9. The van der Waals surface area contributed by atoms with Crippen LogP contribution in [0.2, 0.25) is 0 Å². The van der Waals surface area contributed by atoms with Gasteiger partial charge in [-0.1, -0.05) is 0 Å². The molecule has 2 rings (SSSR count). The standard InChI is InChI=1S/C14H21N3O3S2/c1-11-13(21-12(2)17-11)4-7-16-22(18,19)9-8-20-14(10-15)5-3-6-14/h16H,3-9H2,1-2H3. The van der Waals surface area contributed by atoms with Gasteiger partial charge in [0.25, 0.3) is 0 Å². The lowest BCUT2D eigenvalue weighted by atomic mass is 9.81. The maximum absolute atomic E-state index is 11.9. The van der Waals surface area contributed by atoms with Gasteiger partial charge in [0.15, 0.2) is 5.60 Å². The van der Waals surface area contributed by atoms with E-state index in [1.54, 1.807) is 11.3 Å². The van der Waals surface area contributed by atoms with Gasteiger partial charge in [-0.05, 0) is 39.5 Å². The second-order valence-corrected chi connectivity index (χ2v) is 8.73. The molecule has 0 atom stereocenters. The molecule has 22 heavy (non-hydrogen) atoms. The Hall–Kier alpha value is -1.01. The quantitative estimate of drug-likeness (QED) is 0.775. The normalized spacial score (nSPS) is 17.0. The third kappa shape index (κ3) is 4.49. The Bertz CT molecular complexity index is 657. The Balaban J connectivity index is 1.72. The van der Waals surface area contributed by atoms with E-state index in [0.717, 1.165) is 22.0 Å². The minimum absolute atomic E-state index is 0.0571. The van der Waals surface area contributed by atoms with Crippen LogP contribution in [0.15, 0.2) is 0 Å². The summed E-state index contributed by atoms with van der Waals surface area (Å²) in [5, 5.41) is 10.0. The van der Waals surface area contributed by atoms with Gasteiger partial charge in [-0.15, -0.1) is 11.3 Å². The molecule has 1 aromatic rings. The molecule has 1 aliphatic rings. The Morgan fingerprint density at radius 2 is 2.18 bits per heavy atom. The number of aromatic nitrogens is 1. The number of ether oxygens (including phenoxy) is 1. The minimum Gasteiger partial charge on any atom is -0.359 e. The molecular weight excluding hydrogens is 322 g/mol. The van der Waals surface area contributed by atoms with Crippen molar-refractivity contribution < 1.29 is 13.2 Å². The van der Waals surface area contributed by atoms with E-state index >= 15 is 0 Å². The predicted molar refractivity (Wildman–Crippen MR) is 85.2 cm³/mol. The summed E-state index contributed by atoms with van der Waals surface area (Å²) < 4.78 is 31.8. The van der Waals surface area contributed by atoms with Gasteiger partial charge in [0.05, 0.1) is 29.1 Å². The van der Waals surface area contributed by atoms with Crippen molar-refractivity contribution in [2.24, 2.45) is 0 Å². The number of rotatable bonds is 8. The SMILES string of the molecule is Cc1nc(C)c(CCNS(=O)(=O)CCOC2(C#N)CCC2)s1. The number of hydrogen-bond donors (Lipinski definition) is 1. The van der Waals surface area contributed by atoms with Crippen molar-refractivity contribution in [3.63, 3.8) is 0 Å². The summed E-state index contributed by atoms with van der Waals surface area (Å²) in [5.74, 6) is -0.114. The van der Waals surface area contributed by atoms with Crippen LogP contribution in [0, 0.1) is 25.2 Å². The van der Waals surface area contributed by atoms with Crippen molar-refractivity contribution in [2.75, 3.05) is 18.9 Å². The average molecular weight is 343 g/mol. The number of thiazole rings is 1. The van der Waals surface area contributed by atoms with Crippen LogP contribution in [0.1, 0.15) is 34.8 Å². The third-order valence-corrected chi connectivity index (χ3v) is 6.25. The summed E-state index contributed by atoms with van der Waals surface area (Å²) in [6.45, 7) is 4.28. The highest BCUT2D eigenvalue weighted by molar-refractivity contribution is 7.89. The monoisotopic (exact) mass is 343 g/mol. The summed E-state index contributed by atoms with van der Waals surface area (Å²) in [7, 11) is -3.37. The average Bonchev–Trinajstić information content (AvgIpc) is 2.71. The number of hydrogen-bond acceptors (Lipinski definition) is 6. The Morgan fingerprint density at radius 3 is 2.68 bits per heavy atom. The largest absolute Gasteiger partial charge is 0.359 e. The van der Waals surface area contributed by atoms with Gasteiger partial charge in [0.2, 0.25) is 10.0 Å². The molecule has 8 heteroatoms. The van der Waals surface area contributed by atoms with Crippen molar-refractivity contribution >= 4 is 21.4 Å². The van der Waals surface area contributed by atoms with Gasteiger partial charge >= 0.3 is 0 Å². The second-order valence-electron chi connectivity index (χ2n) is 5.51. The van der Waals surface area contributed by atoms with Gasteiger partial charge in [-0.2, -0.15) is 5.26 Å². The molecule has 0 bridgehead atoms. The molecule has 0 spiro atoms. The van der Waals surface area contributed by atoms with Crippen LogP contribution in [-0.4, -0.2) is 37.9 Å². The molecular formula is C14H21N3O3S2. The molecule has 122 valence electrons. The summed E-state index contributed by atoms with van der Waals surface area (Å²) in [4.78, 5) is 5.42. The molecule has 6 nitrogen and oxygen atoms in total. The highest BCUT2D eigenvalue weighted by Crippen LogP contribution is 2.34. The van der Waals surface area contributed by atoms with Crippen LogP contribution >= 0.6 is 11.3 Å². The second kappa shape index (κ2) is 7.04. The zero-order chi connectivity index (χ0) is 16.2. The molecule has 0 radical (unpaired) electrons. The number of sulfonamides is 1. The number of nitrogens with zero attached hydrogens (tertiary/aromatic N) is 2. The van der Waals surface area contributed by atoms with Crippen LogP contribution in [-0.2, 0) is 21.2 Å². The molecule has 0 aliphatic heterocycles. The van der Waals surface area contributed by atoms with E-state index in [9.17, 15) is 8.42 Å². The van der Waals surface area contributed by atoms with Crippen molar-refractivity contribution in [2.45, 2.75) is 45.1 Å². The summed E-state index contributed by atoms with van der Waals surface area (Å²) in [5.41, 5.74) is 0.221. The summed E-state index contributed by atoms with van der Waals surface area (Å²) in [6, 6.07) is 2.13. The molecule has 1 saturated carbocycles. The minimum atomic E-state index is -3.37. The fourth-order valence-corrected chi connectivity index (χ4v) is 4.13. The van der Waals surface area contributed by atoms with Crippen LogP contribution in [0.25, 0.3) is 0 Å². The Morgan fingerprint density at radius 1 is 1.45 bits per heavy atom.